The van der Waals surface area contributed by atoms with Crippen LogP contribution in [-0.4, -0.2) is 12.5 Å². The SMILES string of the molecule is O=C(Nc1ccc2c(c1)CCN2)C1C2CCCCC21. The van der Waals surface area contributed by atoms with Gasteiger partial charge in [0, 0.05) is 23.8 Å². The fourth-order valence-corrected chi connectivity index (χ4v) is 3.99. The first-order valence-corrected chi connectivity index (χ1v) is 7.50. The third-order valence-electron chi connectivity index (χ3n) is 5.04. The van der Waals surface area contributed by atoms with Crippen molar-refractivity contribution in [3.05, 3.63) is 23.8 Å². The van der Waals surface area contributed by atoms with Gasteiger partial charge < -0.3 is 10.6 Å². The quantitative estimate of drug-likeness (QED) is 0.854. The largest absolute Gasteiger partial charge is 0.384 e. The van der Waals surface area contributed by atoms with E-state index in [1.807, 2.05) is 6.07 Å². The van der Waals surface area contributed by atoms with E-state index in [4.69, 9.17) is 0 Å². The molecule has 1 aromatic rings. The van der Waals surface area contributed by atoms with Gasteiger partial charge in [0.05, 0.1) is 0 Å². The zero-order valence-corrected chi connectivity index (χ0v) is 11.1. The van der Waals surface area contributed by atoms with Crippen LogP contribution in [0, 0.1) is 17.8 Å². The predicted octanol–water partition coefficient (Wildman–Crippen LogP) is 3.03. The molecule has 0 saturated heterocycles. The summed E-state index contributed by atoms with van der Waals surface area (Å²) >= 11 is 0. The van der Waals surface area contributed by atoms with Crippen molar-refractivity contribution in [2.75, 3.05) is 17.2 Å². The number of hydrogen-bond acceptors (Lipinski definition) is 2. The molecule has 1 aliphatic heterocycles. The van der Waals surface area contributed by atoms with E-state index in [-0.39, 0.29) is 5.91 Å². The summed E-state index contributed by atoms with van der Waals surface area (Å²) in [4.78, 5) is 12.3. The normalized spacial score (nSPS) is 31.1. The summed E-state index contributed by atoms with van der Waals surface area (Å²) in [5.41, 5.74) is 3.51. The van der Waals surface area contributed by atoms with Crippen LogP contribution in [0.1, 0.15) is 31.2 Å². The fourth-order valence-electron chi connectivity index (χ4n) is 3.99. The van der Waals surface area contributed by atoms with Crippen molar-refractivity contribution in [2.24, 2.45) is 17.8 Å². The van der Waals surface area contributed by atoms with E-state index < -0.39 is 0 Å². The van der Waals surface area contributed by atoms with Crippen LogP contribution in [0.5, 0.6) is 0 Å². The van der Waals surface area contributed by atoms with Gasteiger partial charge in [-0.3, -0.25) is 4.79 Å². The number of amides is 1. The maximum Gasteiger partial charge on any atom is 0.228 e. The highest BCUT2D eigenvalue weighted by molar-refractivity contribution is 5.95. The Morgan fingerprint density at radius 3 is 2.79 bits per heavy atom. The standard InChI is InChI=1S/C16H20N2O/c19-16(15-12-3-1-2-4-13(12)15)18-11-5-6-14-10(9-11)7-8-17-14/h5-6,9,12-13,15,17H,1-4,7-8H2,(H,18,19). The number of carbonyl (C=O) groups is 1. The number of rotatable bonds is 2. The average Bonchev–Trinajstić information content (AvgIpc) is 2.98. The monoisotopic (exact) mass is 256 g/mol. The van der Waals surface area contributed by atoms with E-state index in [0.717, 1.165) is 18.7 Å². The Balaban J connectivity index is 1.45. The minimum Gasteiger partial charge on any atom is -0.384 e. The van der Waals surface area contributed by atoms with Crippen LogP contribution in [-0.2, 0) is 11.2 Å². The van der Waals surface area contributed by atoms with Crippen molar-refractivity contribution in [3.8, 4) is 0 Å². The molecule has 0 bridgehead atoms. The van der Waals surface area contributed by atoms with Gasteiger partial charge in [-0.25, -0.2) is 0 Å². The summed E-state index contributed by atoms with van der Waals surface area (Å²) in [7, 11) is 0. The predicted molar refractivity (Wildman–Crippen MR) is 76.2 cm³/mol. The van der Waals surface area contributed by atoms with Crippen LogP contribution in [0.15, 0.2) is 18.2 Å². The zero-order chi connectivity index (χ0) is 12.8. The van der Waals surface area contributed by atoms with Gasteiger partial charge in [-0.2, -0.15) is 0 Å². The van der Waals surface area contributed by atoms with Crippen LogP contribution in [0.2, 0.25) is 0 Å². The van der Waals surface area contributed by atoms with Gasteiger partial charge in [-0.05, 0) is 54.9 Å². The molecule has 2 unspecified atom stereocenters. The Bertz CT molecular complexity index is 513. The Kier molecular flexibility index (Phi) is 2.54. The number of carbonyl (C=O) groups excluding carboxylic acids is 1. The van der Waals surface area contributed by atoms with Crippen molar-refractivity contribution in [1.29, 1.82) is 0 Å². The molecular formula is C16H20N2O. The second-order valence-electron chi connectivity index (χ2n) is 6.18. The molecule has 2 saturated carbocycles. The van der Waals surface area contributed by atoms with Crippen LogP contribution >= 0.6 is 0 Å². The van der Waals surface area contributed by atoms with Gasteiger partial charge in [0.15, 0.2) is 0 Å². The van der Waals surface area contributed by atoms with Crippen LogP contribution < -0.4 is 10.6 Å². The molecule has 1 amide bonds. The summed E-state index contributed by atoms with van der Waals surface area (Å²) in [6.07, 6.45) is 6.21. The van der Waals surface area contributed by atoms with Gasteiger partial charge >= 0.3 is 0 Å². The molecule has 3 aliphatic rings. The van der Waals surface area contributed by atoms with Gasteiger partial charge in [0.2, 0.25) is 5.91 Å². The van der Waals surface area contributed by atoms with Crippen molar-refractivity contribution in [3.63, 3.8) is 0 Å². The number of anilines is 2. The summed E-state index contributed by atoms with van der Waals surface area (Å²) in [5.74, 6) is 1.92. The Hall–Kier alpha value is -1.51. The van der Waals surface area contributed by atoms with Crippen molar-refractivity contribution < 1.29 is 4.79 Å². The molecule has 19 heavy (non-hydrogen) atoms. The lowest BCUT2D eigenvalue weighted by molar-refractivity contribution is -0.117. The highest BCUT2D eigenvalue weighted by Gasteiger charge is 2.54. The Morgan fingerprint density at radius 2 is 2.00 bits per heavy atom. The maximum absolute atomic E-state index is 12.3. The third kappa shape index (κ3) is 1.92. The highest BCUT2D eigenvalue weighted by Crippen LogP contribution is 2.55. The number of benzene rings is 1. The minimum atomic E-state index is 0.253. The topological polar surface area (TPSA) is 41.1 Å². The summed E-state index contributed by atoms with van der Waals surface area (Å²) in [6.45, 7) is 1.01. The second kappa shape index (κ2) is 4.26. The number of nitrogens with one attached hydrogen (secondary N) is 2. The van der Waals surface area contributed by atoms with Crippen molar-refractivity contribution in [1.82, 2.24) is 0 Å². The number of fused-ring (bicyclic) bond motifs is 2. The molecule has 0 aromatic heterocycles. The summed E-state index contributed by atoms with van der Waals surface area (Å²) < 4.78 is 0. The molecule has 3 nitrogen and oxygen atoms in total. The molecule has 1 aromatic carbocycles. The lowest BCUT2D eigenvalue weighted by Crippen LogP contribution is -2.15. The molecule has 0 spiro atoms. The van der Waals surface area contributed by atoms with Gasteiger partial charge in [-0.1, -0.05) is 12.8 Å². The van der Waals surface area contributed by atoms with E-state index in [2.05, 4.69) is 22.8 Å². The van der Waals surface area contributed by atoms with E-state index in [1.54, 1.807) is 0 Å². The fraction of sp³-hybridized carbons (Fsp3) is 0.562. The Morgan fingerprint density at radius 1 is 1.21 bits per heavy atom. The summed E-state index contributed by atoms with van der Waals surface area (Å²) in [6, 6.07) is 6.22. The molecule has 0 radical (unpaired) electrons. The van der Waals surface area contributed by atoms with Gasteiger partial charge in [0.1, 0.15) is 0 Å². The van der Waals surface area contributed by atoms with Crippen LogP contribution in [0.3, 0.4) is 0 Å². The second-order valence-corrected chi connectivity index (χ2v) is 6.18. The zero-order valence-electron chi connectivity index (χ0n) is 11.1. The molecule has 2 atom stereocenters. The molecule has 2 fully saturated rings. The first-order chi connectivity index (χ1) is 9.33. The smallest absolute Gasteiger partial charge is 0.228 e. The van der Waals surface area contributed by atoms with Gasteiger partial charge in [-0.15, -0.1) is 0 Å². The third-order valence-corrected chi connectivity index (χ3v) is 5.04. The van der Waals surface area contributed by atoms with Crippen molar-refractivity contribution >= 4 is 17.3 Å². The minimum absolute atomic E-state index is 0.253. The molecular weight excluding hydrogens is 236 g/mol. The van der Waals surface area contributed by atoms with E-state index in [0.29, 0.717) is 17.8 Å². The molecule has 2 aliphatic carbocycles. The molecule has 1 heterocycles. The van der Waals surface area contributed by atoms with E-state index >= 15 is 0 Å². The molecule has 2 N–H and O–H groups in total. The van der Waals surface area contributed by atoms with E-state index in [1.165, 1.54) is 36.9 Å². The van der Waals surface area contributed by atoms with E-state index in [9.17, 15) is 4.79 Å². The first kappa shape index (κ1) is 11.3. The lowest BCUT2D eigenvalue weighted by atomic mass is 10.0. The maximum atomic E-state index is 12.3. The molecule has 100 valence electrons. The Labute approximate surface area is 113 Å². The highest BCUT2D eigenvalue weighted by atomic mass is 16.2. The summed E-state index contributed by atoms with van der Waals surface area (Å²) in [5, 5.41) is 6.47. The molecule has 4 rings (SSSR count). The van der Waals surface area contributed by atoms with Gasteiger partial charge in [0.25, 0.3) is 0 Å². The van der Waals surface area contributed by atoms with Crippen LogP contribution in [0.25, 0.3) is 0 Å². The molecule has 3 heteroatoms. The lowest BCUT2D eigenvalue weighted by Gasteiger charge is -2.07. The van der Waals surface area contributed by atoms with Crippen LogP contribution in [0.4, 0.5) is 11.4 Å². The number of hydrogen-bond donors (Lipinski definition) is 2. The first-order valence-electron chi connectivity index (χ1n) is 7.50. The van der Waals surface area contributed by atoms with Crippen molar-refractivity contribution in [2.45, 2.75) is 32.1 Å². The average molecular weight is 256 g/mol.